The van der Waals surface area contributed by atoms with Gasteiger partial charge in [0.1, 0.15) is 24.7 Å². The predicted molar refractivity (Wildman–Crippen MR) is 218 cm³/mol. The summed E-state index contributed by atoms with van der Waals surface area (Å²) < 4.78 is 35.4. The number of hydrogen-bond acceptors (Lipinski definition) is 6. The Morgan fingerprint density at radius 3 is 1.33 bits per heavy atom. The fraction of sp³-hybridized carbons (Fsp3) is 0.347. The lowest BCUT2D eigenvalue weighted by Gasteiger charge is -2.38. The zero-order chi connectivity index (χ0) is 37.6. The molecule has 3 aliphatic rings. The van der Waals surface area contributed by atoms with Crippen molar-refractivity contribution in [3.8, 4) is 22.6 Å². The maximum absolute atomic E-state index is 6.23. The molecular formula is C49H50O6. The molecule has 0 N–H and O–H groups in total. The first kappa shape index (κ1) is 35.9. The molecule has 6 aromatic carbocycles. The molecule has 2 unspecified atom stereocenters. The molecule has 0 amide bonds. The van der Waals surface area contributed by atoms with Gasteiger partial charge in [0.2, 0.25) is 0 Å². The molecule has 6 heteroatoms. The molecule has 55 heavy (non-hydrogen) atoms. The number of ether oxygens (including phenoxy) is 6. The van der Waals surface area contributed by atoms with E-state index in [1.54, 1.807) is 0 Å². The van der Waals surface area contributed by atoms with E-state index in [0.717, 1.165) is 48.7 Å². The SMILES string of the molecule is CC(COc1ccc2cc(C3(c4ccc5cc(OCC(C)OCC6(C)COC6)ccc5c4)c4ccccc4-c4ccccc43)ccc2c1)OCC1(C)COC1. The van der Waals surface area contributed by atoms with Crippen LogP contribution in [-0.2, 0) is 24.4 Å². The Balaban J connectivity index is 1.02. The Bertz CT molecular complexity index is 2170. The van der Waals surface area contributed by atoms with Crippen molar-refractivity contribution in [3.05, 3.63) is 144 Å². The Kier molecular flexibility index (Phi) is 9.42. The van der Waals surface area contributed by atoms with Gasteiger partial charge in [-0.1, -0.05) is 98.8 Å². The van der Waals surface area contributed by atoms with E-state index >= 15 is 0 Å². The Morgan fingerprint density at radius 2 is 0.909 bits per heavy atom. The summed E-state index contributed by atoms with van der Waals surface area (Å²) in [6.45, 7) is 13.9. The summed E-state index contributed by atoms with van der Waals surface area (Å²) in [6, 6.07) is 44.4. The van der Waals surface area contributed by atoms with Gasteiger partial charge in [-0.15, -0.1) is 0 Å². The molecule has 2 atom stereocenters. The second-order valence-corrected chi connectivity index (χ2v) is 16.8. The highest BCUT2D eigenvalue weighted by Crippen LogP contribution is 2.56. The van der Waals surface area contributed by atoms with Crippen LogP contribution in [0.2, 0.25) is 0 Å². The molecule has 9 rings (SSSR count). The van der Waals surface area contributed by atoms with Crippen LogP contribution in [0, 0.1) is 10.8 Å². The lowest BCUT2D eigenvalue weighted by molar-refractivity contribution is -0.149. The van der Waals surface area contributed by atoms with Crippen molar-refractivity contribution in [1.29, 1.82) is 0 Å². The number of benzene rings is 6. The van der Waals surface area contributed by atoms with Crippen molar-refractivity contribution >= 4 is 21.5 Å². The minimum Gasteiger partial charge on any atom is -0.491 e. The van der Waals surface area contributed by atoms with E-state index in [2.05, 4.69) is 149 Å². The minimum absolute atomic E-state index is 0.0106. The van der Waals surface area contributed by atoms with E-state index in [9.17, 15) is 0 Å². The van der Waals surface area contributed by atoms with E-state index in [1.165, 1.54) is 44.2 Å². The normalized spacial score (nSPS) is 18.5. The second kappa shape index (κ2) is 14.4. The van der Waals surface area contributed by atoms with E-state index < -0.39 is 5.41 Å². The molecule has 0 saturated carbocycles. The number of fused-ring (bicyclic) bond motifs is 5. The second-order valence-electron chi connectivity index (χ2n) is 16.8. The van der Waals surface area contributed by atoms with Gasteiger partial charge in [0.15, 0.2) is 0 Å². The highest BCUT2D eigenvalue weighted by molar-refractivity contribution is 5.92. The van der Waals surface area contributed by atoms with Crippen LogP contribution in [0.4, 0.5) is 0 Å². The monoisotopic (exact) mass is 734 g/mol. The van der Waals surface area contributed by atoms with Gasteiger partial charge >= 0.3 is 0 Å². The van der Waals surface area contributed by atoms with Crippen LogP contribution in [-0.4, -0.2) is 65.1 Å². The van der Waals surface area contributed by atoms with Crippen LogP contribution in [0.3, 0.4) is 0 Å². The predicted octanol–water partition coefficient (Wildman–Crippen LogP) is 10.00. The van der Waals surface area contributed by atoms with Crippen LogP contribution < -0.4 is 9.47 Å². The molecule has 2 fully saturated rings. The first-order chi connectivity index (χ1) is 26.7. The molecule has 6 nitrogen and oxygen atoms in total. The van der Waals surface area contributed by atoms with Crippen molar-refractivity contribution in [2.24, 2.45) is 10.8 Å². The van der Waals surface area contributed by atoms with Gasteiger partial charge in [-0.3, -0.25) is 0 Å². The molecule has 282 valence electrons. The Morgan fingerprint density at radius 1 is 0.509 bits per heavy atom. The molecular weight excluding hydrogens is 685 g/mol. The van der Waals surface area contributed by atoms with Crippen LogP contribution >= 0.6 is 0 Å². The topological polar surface area (TPSA) is 55.4 Å². The summed E-state index contributed by atoms with van der Waals surface area (Å²) in [6.07, 6.45) is -0.0211. The average molecular weight is 735 g/mol. The van der Waals surface area contributed by atoms with Crippen LogP contribution in [0.1, 0.15) is 49.9 Å². The largest absolute Gasteiger partial charge is 0.491 e. The molecule has 2 heterocycles. The molecule has 0 bridgehead atoms. The van der Waals surface area contributed by atoms with E-state index in [0.29, 0.717) is 26.4 Å². The van der Waals surface area contributed by atoms with Gasteiger partial charge in [-0.2, -0.15) is 0 Å². The van der Waals surface area contributed by atoms with Gasteiger partial charge in [-0.25, -0.2) is 0 Å². The first-order valence-corrected chi connectivity index (χ1v) is 19.6. The molecule has 2 aliphatic heterocycles. The lowest BCUT2D eigenvalue weighted by Crippen LogP contribution is -2.44. The summed E-state index contributed by atoms with van der Waals surface area (Å²) >= 11 is 0. The van der Waals surface area contributed by atoms with Gasteiger partial charge < -0.3 is 28.4 Å². The number of rotatable bonds is 14. The van der Waals surface area contributed by atoms with Crippen molar-refractivity contribution in [2.75, 3.05) is 52.9 Å². The molecule has 0 radical (unpaired) electrons. The smallest absolute Gasteiger partial charge is 0.120 e. The zero-order valence-corrected chi connectivity index (χ0v) is 32.3. The van der Waals surface area contributed by atoms with E-state index in [1.807, 2.05) is 0 Å². The van der Waals surface area contributed by atoms with Gasteiger partial charge in [0, 0.05) is 10.8 Å². The molecule has 0 aromatic heterocycles. The van der Waals surface area contributed by atoms with Gasteiger partial charge in [-0.05, 0) is 105 Å². The van der Waals surface area contributed by atoms with Gasteiger partial charge in [0.25, 0.3) is 0 Å². The maximum atomic E-state index is 6.23. The fourth-order valence-corrected chi connectivity index (χ4v) is 8.40. The maximum Gasteiger partial charge on any atom is 0.120 e. The highest BCUT2D eigenvalue weighted by atomic mass is 16.5. The molecule has 6 aromatic rings. The highest BCUT2D eigenvalue weighted by Gasteiger charge is 2.46. The third-order valence-electron chi connectivity index (χ3n) is 11.6. The molecule has 0 spiro atoms. The van der Waals surface area contributed by atoms with Crippen LogP contribution in [0.5, 0.6) is 11.5 Å². The summed E-state index contributed by atoms with van der Waals surface area (Å²) in [7, 11) is 0. The summed E-state index contributed by atoms with van der Waals surface area (Å²) in [4.78, 5) is 0. The quantitative estimate of drug-likeness (QED) is 0.111. The number of hydrogen-bond donors (Lipinski definition) is 0. The van der Waals surface area contributed by atoms with Crippen molar-refractivity contribution in [3.63, 3.8) is 0 Å². The zero-order valence-electron chi connectivity index (χ0n) is 32.3. The van der Waals surface area contributed by atoms with E-state index in [-0.39, 0.29) is 23.0 Å². The first-order valence-electron chi connectivity index (χ1n) is 19.6. The minimum atomic E-state index is -0.510. The summed E-state index contributed by atoms with van der Waals surface area (Å²) in [5.41, 5.74) is 7.34. The van der Waals surface area contributed by atoms with E-state index in [4.69, 9.17) is 28.4 Å². The summed E-state index contributed by atoms with van der Waals surface area (Å²) in [5.74, 6) is 1.69. The Hall–Kier alpha value is -4.72. The van der Waals surface area contributed by atoms with Crippen molar-refractivity contribution in [1.82, 2.24) is 0 Å². The van der Waals surface area contributed by atoms with Crippen molar-refractivity contribution < 1.29 is 28.4 Å². The fourth-order valence-electron chi connectivity index (χ4n) is 8.40. The third kappa shape index (κ3) is 6.80. The molecule has 2 saturated heterocycles. The third-order valence-corrected chi connectivity index (χ3v) is 11.6. The summed E-state index contributed by atoms with van der Waals surface area (Å²) in [5, 5.41) is 4.62. The van der Waals surface area contributed by atoms with Crippen LogP contribution in [0.25, 0.3) is 32.7 Å². The van der Waals surface area contributed by atoms with Crippen LogP contribution in [0.15, 0.2) is 121 Å². The molecule has 1 aliphatic carbocycles. The van der Waals surface area contributed by atoms with Crippen molar-refractivity contribution in [2.45, 2.75) is 45.3 Å². The standard InChI is InChI=1S/C49H50O6/c1-33(54-31-47(3)27-50-28-47)25-52-41-19-15-35-21-39(17-13-37(35)23-41)49(45-11-7-5-9-43(45)44-10-6-8-12-46(44)49)40-18-14-38-24-42(20-16-36(38)22-40)53-26-34(2)55-32-48(4)29-51-30-48/h5-24,33-34H,25-32H2,1-4H3. The average Bonchev–Trinajstić information content (AvgIpc) is 3.49. The lowest BCUT2D eigenvalue weighted by atomic mass is 9.67. The Labute approximate surface area is 324 Å². The van der Waals surface area contributed by atoms with Gasteiger partial charge in [0.05, 0.1) is 57.3 Å².